The molecule has 0 aliphatic carbocycles. The van der Waals surface area contributed by atoms with E-state index in [4.69, 9.17) is 8.83 Å². The minimum atomic E-state index is 0.867. The molecule has 0 N–H and O–H groups in total. The Morgan fingerprint density at radius 2 is 0.707 bits per heavy atom. The highest BCUT2D eigenvalue weighted by molar-refractivity contribution is 6.17. The first-order valence-corrected chi connectivity index (χ1v) is 19.7. The fourth-order valence-electron chi connectivity index (χ4n) is 8.81. The van der Waals surface area contributed by atoms with Crippen molar-refractivity contribution in [2.24, 2.45) is 0 Å². The van der Waals surface area contributed by atoms with Gasteiger partial charge in [0.2, 0.25) is 0 Å². The second kappa shape index (κ2) is 12.9. The number of nitrogens with zero attached hydrogens (tertiary/aromatic N) is 2. The molecule has 0 aliphatic heterocycles. The van der Waals surface area contributed by atoms with Crippen LogP contribution in [0.2, 0.25) is 0 Å². The number of furan rings is 2. The van der Waals surface area contributed by atoms with E-state index >= 15 is 0 Å². The number of para-hydroxylation sites is 3. The van der Waals surface area contributed by atoms with E-state index in [1.165, 1.54) is 26.9 Å². The number of anilines is 6. The summed E-state index contributed by atoms with van der Waals surface area (Å²) in [5.74, 6) is 0. The number of fused-ring (bicyclic) bond motifs is 10. The Labute approximate surface area is 334 Å². The standard InChI is InChI=1S/C54H34N2O2/c1-2-13-39(14-3-1)55(42-25-23-35-11-4-5-12-37(35)29-42)40-15-10-16-41(31-40)56(44-27-28-53-49(33-44)45-17-6-8-19-51(45)57-53)43-26-24-36-21-22-38-30-54-50(34-48(38)47(36)32-43)46-18-7-9-20-52(46)58-54/h1-34H. The lowest BCUT2D eigenvalue weighted by molar-refractivity contribution is 0.668. The van der Waals surface area contributed by atoms with Gasteiger partial charge in [-0.1, -0.05) is 109 Å². The minimum Gasteiger partial charge on any atom is -0.456 e. The van der Waals surface area contributed by atoms with Crippen molar-refractivity contribution in [3.63, 3.8) is 0 Å². The summed E-state index contributed by atoms with van der Waals surface area (Å²) >= 11 is 0. The van der Waals surface area contributed by atoms with E-state index in [-0.39, 0.29) is 0 Å². The monoisotopic (exact) mass is 742 g/mol. The summed E-state index contributed by atoms with van der Waals surface area (Å²) < 4.78 is 12.6. The molecule has 4 heteroatoms. The molecule has 0 amide bonds. The van der Waals surface area contributed by atoms with Crippen LogP contribution < -0.4 is 9.80 Å². The third-order valence-electron chi connectivity index (χ3n) is 11.5. The van der Waals surface area contributed by atoms with Crippen molar-refractivity contribution in [3.05, 3.63) is 206 Å². The van der Waals surface area contributed by atoms with Gasteiger partial charge in [-0.2, -0.15) is 0 Å². The van der Waals surface area contributed by atoms with Crippen LogP contribution >= 0.6 is 0 Å². The smallest absolute Gasteiger partial charge is 0.136 e. The van der Waals surface area contributed by atoms with Crippen LogP contribution in [0.4, 0.5) is 34.1 Å². The van der Waals surface area contributed by atoms with Crippen molar-refractivity contribution in [2.75, 3.05) is 9.80 Å². The fourth-order valence-corrected chi connectivity index (χ4v) is 8.81. The molecule has 0 aliphatic rings. The van der Waals surface area contributed by atoms with Gasteiger partial charge in [-0.05, 0) is 129 Å². The summed E-state index contributed by atoms with van der Waals surface area (Å²) in [5, 5.41) is 11.5. The summed E-state index contributed by atoms with van der Waals surface area (Å²) in [6.07, 6.45) is 0. The zero-order chi connectivity index (χ0) is 38.2. The van der Waals surface area contributed by atoms with Crippen molar-refractivity contribution in [3.8, 4) is 0 Å². The maximum Gasteiger partial charge on any atom is 0.136 e. The second-order valence-corrected chi connectivity index (χ2v) is 15.0. The lowest BCUT2D eigenvalue weighted by Crippen LogP contribution is -2.13. The van der Waals surface area contributed by atoms with Crippen molar-refractivity contribution in [1.82, 2.24) is 0 Å². The van der Waals surface area contributed by atoms with E-state index in [9.17, 15) is 0 Å². The lowest BCUT2D eigenvalue weighted by Gasteiger charge is -2.29. The zero-order valence-electron chi connectivity index (χ0n) is 31.3. The first-order valence-electron chi connectivity index (χ1n) is 19.7. The van der Waals surface area contributed by atoms with Gasteiger partial charge in [0.05, 0.1) is 0 Å². The normalized spacial score (nSPS) is 11.8. The Kier molecular flexibility index (Phi) is 7.20. The summed E-state index contributed by atoms with van der Waals surface area (Å²) in [5.41, 5.74) is 9.91. The molecule has 12 aromatic rings. The summed E-state index contributed by atoms with van der Waals surface area (Å²) in [6, 6.07) is 73.6. The first kappa shape index (κ1) is 32.4. The highest BCUT2D eigenvalue weighted by Gasteiger charge is 2.20. The Balaban J connectivity index is 1.08. The van der Waals surface area contributed by atoms with E-state index in [1.807, 2.05) is 24.3 Å². The van der Waals surface area contributed by atoms with E-state index < -0.39 is 0 Å². The van der Waals surface area contributed by atoms with Crippen LogP contribution in [0.25, 0.3) is 76.2 Å². The Hall–Kier alpha value is -7.82. The highest BCUT2D eigenvalue weighted by Crippen LogP contribution is 2.44. The molecule has 0 saturated carbocycles. The molecule has 2 aromatic heterocycles. The van der Waals surface area contributed by atoms with Crippen molar-refractivity contribution < 1.29 is 8.83 Å². The van der Waals surface area contributed by atoms with Crippen LogP contribution in [-0.2, 0) is 0 Å². The highest BCUT2D eigenvalue weighted by atomic mass is 16.3. The van der Waals surface area contributed by atoms with Gasteiger partial charge in [-0.15, -0.1) is 0 Å². The molecule has 0 bridgehead atoms. The largest absolute Gasteiger partial charge is 0.456 e. The van der Waals surface area contributed by atoms with Crippen LogP contribution in [0.3, 0.4) is 0 Å². The molecular formula is C54H34N2O2. The molecule has 10 aromatic carbocycles. The molecular weight excluding hydrogens is 709 g/mol. The van der Waals surface area contributed by atoms with Gasteiger partial charge in [0, 0.05) is 55.7 Å². The van der Waals surface area contributed by atoms with Gasteiger partial charge >= 0.3 is 0 Å². The number of rotatable bonds is 6. The van der Waals surface area contributed by atoms with Gasteiger partial charge in [0.1, 0.15) is 22.3 Å². The molecule has 0 spiro atoms. The van der Waals surface area contributed by atoms with E-state index in [1.54, 1.807) is 0 Å². The average molecular weight is 743 g/mol. The molecule has 0 saturated heterocycles. The van der Waals surface area contributed by atoms with Crippen LogP contribution in [-0.4, -0.2) is 0 Å². The van der Waals surface area contributed by atoms with E-state index in [2.05, 4.69) is 192 Å². The van der Waals surface area contributed by atoms with Gasteiger partial charge in [-0.25, -0.2) is 0 Å². The van der Waals surface area contributed by atoms with Crippen LogP contribution in [0.15, 0.2) is 215 Å². The maximum atomic E-state index is 6.31. The van der Waals surface area contributed by atoms with Gasteiger partial charge in [0.15, 0.2) is 0 Å². The van der Waals surface area contributed by atoms with Gasteiger partial charge in [0.25, 0.3) is 0 Å². The fraction of sp³-hybridized carbons (Fsp3) is 0. The van der Waals surface area contributed by atoms with E-state index in [0.29, 0.717) is 0 Å². The number of hydrogen-bond acceptors (Lipinski definition) is 4. The summed E-state index contributed by atoms with van der Waals surface area (Å²) in [4.78, 5) is 4.72. The maximum absolute atomic E-state index is 6.31. The molecule has 2 heterocycles. The molecule has 272 valence electrons. The van der Waals surface area contributed by atoms with Crippen LogP contribution in [0.1, 0.15) is 0 Å². The topological polar surface area (TPSA) is 32.8 Å². The number of hydrogen-bond donors (Lipinski definition) is 0. The van der Waals surface area contributed by atoms with Crippen LogP contribution in [0.5, 0.6) is 0 Å². The van der Waals surface area contributed by atoms with Crippen molar-refractivity contribution >= 4 is 110 Å². The Morgan fingerprint density at radius 1 is 0.224 bits per heavy atom. The van der Waals surface area contributed by atoms with Crippen LogP contribution in [0, 0.1) is 0 Å². The molecule has 0 atom stereocenters. The van der Waals surface area contributed by atoms with Crippen molar-refractivity contribution in [2.45, 2.75) is 0 Å². The quantitative estimate of drug-likeness (QED) is 0.159. The molecule has 0 fully saturated rings. The van der Waals surface area contributed by atoms with Gasteiger partial charge < -0.3 is 18.6 Å². The molecule has 58 heavy (non-hydrogen) atoms. The summed E-state index contributed by atoms with van der Waals surface area (Å²) in [6.45, 7) is 0. The average Bonchev–Trinajstić information content (AvgIpc) is 3.84. The van der Waals surface area contributed by atoms with E-state index in [0.717, 1.165) is 83.4 Å². The second-order valence-electron chi connectivity index (χ2n) is 15.0. The predicted molar refractivity (Wildman–Crippen MR) is 243 cm³/mol. The van der Waals surface area contributed by atoms with Gasteiger partial charge in [-0.3, -0.25) is 0 Å². The molecule has 12 rings (SSSR count). The zero-order valence-corrected chi connectivity index (χ0v) is 31.3. The number of benzene rings is 10. The first-order chi connectivity index (χ1) is 28.7. The Morgan fingerprint density at radius 3 is 1.48 bits per heavy atom. The molecule has 0 unspecified atom stereocenters. The third kappa shape index (κ3) is 5.23. The Bertz CT molecular complexity index is 3540. The predicted octanol–water partition coefficient (Wildman–Crippen LogP) is 15.9. The third-order valence-corrected chi connectivity index (χ3v) is 11.5. The SMILES string of the molecule is c1ccc(N(c2cccc(N(c3ccc4ccc5cc6oc7ccccc7c6cc5c4c3)c3ccc4oc5ccccc5c4c3)c2)c2ccc3ccccc3c2)cc1. The molecule has 0 radical (unpaired) electrons. The lowest BCUT2D eigenvalue weighted by atomic mass is 9.99. The minimum absolute atomic E-state index is 0.867. The molecule has 4 nitrogen and oxygen atoms in total. The summed E-state index contributed by atoms with van der Waals surface area (Å²) in [7, 11) is 0. The van der Waals surface area contributed by atoms with Crippen molar-refractivity contribution in [1.29, 1.82) is 0 Å².